The highest BCUT2D eigenvalue weighted by Gasteiger charge is 2.39. The summed E-state index contributed by atoms with van der Waals surface area (Å²) in [5, 5.41) is 5.62. The van der Waals surface area contributed by atoms with Gasteiger partial charge in [0.05, 0.1) is 6.54 Å². The molecule has 2 rings (SSSR count). The third-order valence-electron chi connectivity index (χ3n) is 4.20. The van der Waals surface area contributed by atoms with Crippen LogP contribution in [0.2, 0.25) is 0 Å². The second-order valence-corrected chi connectivity index (χ2v) is 5.69. The Labute approximate surface area is 120 Å². The predicted octanol–water partition coefficient (Wildman–Crippen LogP) is 0.567. The van der Waals surface area contributed by atoms with Gasteiger partial charge in [-0.05, 0) is 37.5 Å². The van der Waals surface area contributed by atoms with E-state index < -0.39 is 0 Å². The highest BCUT2D eigenvalue weighted by atomic mass is 35.5. The van der Waals surface area contributed by atoms with Crippen LogP contribution in [0.5, 0.6) is 0 Å². The number of nitrogens with two attached hydrogens (primary N) is 1. The van der Waals surface area contributed by atoms with Crippen LogP contribution < -0.4 is 16.4 Å². The smallest absolute Gasteiger partial charge is 0.239 e. The van der Waals surface area contributed by atoms with Gasteiger partial charge in [0, 0.05) is 19.0 Å². The summed E-state index contributed by atoms with van der Waals surface area (Å²) in [5.41, 5.74) is 6.05. The topological polar surface area (TPSA) is 84.2 Å². The molecule has 4 N–H and O–H groups in total. The fraction of sp³-hybridized carbons (Fsp3) is 0.846. The molecule has 0 radical (unpaired) electrons. The van der Waals surface area contributed by atoms with E-state index in [4.69, 9.17) is 5.73 Å². The largest absolute Gasteiger partial charge is 0.351 e. The van der Waals surface area contributed by atoms with E-state index in [-0.39, 0.29) is 36.8 Å². The van der Waals surface area contributed by atoms with Gasteiger partial charge >= 0.3 is 0 Å². The molecule has 0 heterocycles. The molecule has 2 unspecified atom stereocenters. The zero-order valence-corrected chi connectivity index (χ0v) is 12.2. The lowest BCUT2D eigenvalue weighted by molar-refractivity contribution is -0.126. The molecule has 2 aliphatic rings. The van der Waals surface area contributed by atoms with Gasteiger partial charge in [-0.2, -0.15) is 0 Å². The molecular formula is C13H24ClN3O2. The molecule has 0 spiro atoms. The highest BCUT2D eigenvalue weighted by Crippen LogP contribution is 2.39. The Hall–Kier alpha value is -0.810. The van der Waals surface area contributed by atoms with Gasteiger partial charge in [0.15, 0.2) is 0 Å². The maximum Gasteiger partial charge on any atom is 0.239 e. The van der Waals surface area contributed by atoms with Gasteiger partial charge in [0.25, 0.3) is 0 Å². The number of rotatable bonds is 3. The van der Waals surface area contributed by atoms with Crippen LogP contribution in [-0.2, 0) is 9.59 Å². The summed E-state index contributed by atoms with van der Waals surface area (Å²) < 4.78 is 0. The molecule has 2 fully saturated rings. The molecule has 6 heteroatoms. The SMILES string of the molecule is CC(=O)NCC(=O)NC1C2CCCC1CC(N)C2.Cl. The van der Waals surface area contributed by atoms with Gasteiger partial charge in [-0.15, -0.1) is 12.4 Å². The Bertz CT molecular complexity index is 324. The first-order valence-corrected chi connectivity index (χ1v) is 6.85. The van der Waals surface area contributed by atoms with Crippen LogP contribution in [0.1, 0.15) is 39.0 Å². The maximum absolute atomic E-state index is 11.8. The van der Waals surface area contributed by atoms with E-state index in [0.717, 1.165) is 25.7 Å². The molecule has 2 bridgehead atoms. The van der Waals surface area contributed by atoms with Crippen molar-refractivity contribution >= 4 is 24.2 Å². The standard InChI is InChI=1S/C13H23N3O2.ClH/c1-8(17)15-7-12(18)16-13-9-3-2-4-10(13)6-11(14)5-9;/h9-11,13H,2-7,14H2,1H3,(H,15,17)(H,16,18);1H. The van der Waals surface area contributed by atoms with E-state index >= 15 is 0 Å². The lowest BCUT2D eigenvalue weighted by Crippen LogP contribution is -2.55. The van der Waals surface area contributed by atoms with Crippen molar-refractivity contribution in [3.05, 3.63) is 0 Å². The quantitative estimate of drug-likeness (QED) is 0.710. The first-order chi connectivity index (χ1) is 8.56. The first kappa shape index (κ1) is 16.2. The van der Waals surface area contributed by atoms with Crippen LogP contribution in [0.4, 0.5) is 0 Å². The Morgan fingerprint density at radius 1 is 1.21 bits per heavy atom. The van der Waals surface area contributed by atoms with Crippen LogP contribution >= 0.6 is 12.4 Å². The molecule has 5 nitrogen and oxygen atoms in total. The fourth-order valence-electron chi connectivity index (χ4n) is 3.47. The zero-order valence-electron chi connectivity index (χ0n) is 11.4. The van der Waals surface area contributed by atoms with E-state index in [2.05, 4.69) is 10.6 Å². The molecule has 2 atom stereocenters. The predicted molar refractivity (Wildman–Crippen MR) is 75.9 cm³/mol. The van der Waals surface area contributed by atoms with Crippen LogP contribution in [-0.4, -0.2) is 30.4 Å². The van der Waals surface area contributed by atoms with Gasteiger partial charge in [-0.3, -0.25) is 9.59 Å². The van der Waals surface area contributed by atoms with E-state index in [9.17, 15) is 9.59 Å². The van der Waals surface area contributed by atoms with Gasteiger partial charge in [-0.25, -0.2) is 0 Å². The van der Waals surface area contributed by atoms with Crippen LogP contribution in [0.15, 0.2) is 0 Å². The summed E-state index contributed by atoms with van der Waals surface area (Å²) in [6.07, 6.45) is 5.61. The van der Waals surface area contributed by atoms with Gasteiger partial charge < -0.3 is 16.4 Å². The molecule has 0 aromatic heterocycles. The molecule has 0 aliphatic heterocycles. The zero-order chi connectivity index (χ0) is 13.1. The number of halogens is 1. The molecule has 19 heavy (non-hydrogen) atoms. The lowest BCUT2D eigenvalue weighted by Gasteiger charge is -2.45. The van der Waals surface area contributed by atoms with Crippen molar-refractivity contribution in [1.29, 1.82) is 0 Å². The van der Waals surface area contributed by atoms with E-state index in [0.29, 0.717) is 17.9 Å². The number of hydrogen-bond acceptors (Lipinski definition) is 3. The van der Waals surface area contributed by atoms with Crippen LogP contribution in [0, 0.1) is 11.8 Å². The minimum absolute atomic E-state index is 0. The molecule has 2 aliphatic carbocycles. The monoisotopic (exact) mass is 289 g/mol. The van der Waals surface area contributed by atoms with Crippen molar-refractivity contribution in [2.75, 3.05) is 6.54 Å². The molecule has 2 amide bonds. The van der Waals surface area contributed by atoms with Gasteiger partial charge in [-0.1, -0.05) is 6.42 Å². The number of carbonyl (C=O) groups excluding carboxylic acids is 2. The van der Waals surface area contributed by atoms with E-state index in [1.807, 2.05) is 0 Å². The second kappa shape index (κ2) is 7.10. The molecule has 0 saturated heterocycles. The average Bonchev–Trinajstić information content (AvgIpc) is 2.27. The lowest BCUT2D eigenvalue weighted by atomic mass is 9.67. The number of fused-ring (bicyclic) bond motifs is 2. The van der Waals surface area contributed by atoms with Crippen LogP contribution in [0.3, 0.4) is 0 Å². The normalized spacial score (nSPS) is 32.9. The highest BCUT2D eigenvalue weighted by molar-refractivity contribution is 5.85. The molecular weight excluding hydrogens is 266 g/mol. The van der Waals surface area contributed by atoms with Gasteiger partial charge in [0.2, 0.25) is 11.8 Å². The number of carbonyl (C=O) groups is 2. The van der Waals surface area contributed by atoms with Gasteiger partial charge in [0.1, 0.15) is 0 Å². The Morgan fingerprint density at radius 2 is 1.79 bits per heavy atom. The molecule has 0 aromatic carbocycles. The number of amides is 2. The second-order valence-electron chi connectivity index (χ2n) is 5.69. The third kappa shape index (κ3) is 4.35. The molecule has 110 valence electrons. The Morgan fingerprint density at radius 3 is 2.32 bits per heavy atom. The fourth-order valence-corrected chi connectivity index (χ4v) is 3.47. The Balaban J connectivity index is 0.00000180. The average molecular weight is 290 g/mol. The first-order valence-electron chi connectivity index (χ1n) is 6.85. The Kier molecular flexibility index (Phi) is 6.07. The summed E-state index contributed by atoms with van der Waals surface area (Å²) in [7, 11) is 0. The van der Waals surface area contributed by atoms with Crippen molar-refractivity contribution in [2.24, 2.45) is 17.6 Å². The maximum atomic E-state index is 11.8. The number of hydrogen-bond donors (Lipinski definition) is 3. The third-order valence-corrected chi connectivity index (χ3v) is 4.20. The van der Waals surface area contributed by atoms with Crippen molar-refractivity contribution in [3.8, 4) is 0 Å². The number of nitrogens with one attached hydrogen (secondary N) is 2. The minimum Gasteiger partial charge on any atom is -0.351 e. The van der Waals surface area contributed by atoms with E-state index in [1.165, 1.54) is 13.3 Å². The summed E-state index contributed by atoms with van der Waals surface area (Å²) >= 11 is 0. The van der Waals surface area contributed by atoms with Crippen molar-refractivity contribution in [3.63, 3.8) is 0 Å². The van der Waals surface area contributed by atoms with Crippen LogP contribution in [0.25, 0.3) is 0 Å². The molecule has 0 aromatic rings. The van der Waals surface area contributed by atoms with Crippen molar-refractivity contribution in [2.45, 2.75) is 51.1 Å². The van der Waals surface area contributed by atoms with Crippen molar-refractivity contribution < 1.29 is 9.59 Å². The summed E-state index contributed by atoms with van der Waals surface area (Å²) in [5.74, 6) is 0.793. The summed E-state index contributed by atoms with van der Waals surface area (Å²) in [4.78, 5) is 22.5. The van der Waals surface area contributed by atoms with Crippen molar-refractivity contribution in [1.82, 2.24) is 10.6 Å². The summed E-state index contributed by atoms with van der Waals surface area (Å²) in [6, 6.07) is 0.559. The molecule has 2 saturated carbocycles. The summed E-state index contributed by atoms with van der Waals surface area (Å²) in [6.45, 7) is 1.50. The minimum atomic E-state index is -0.170. The van der Waals surface area contributed by atoms with E-state index in [1.54, 1.807) is 0 Å².